The third kappa shape index (κ3) is 32.5. The van der Waals surface area contributed by atoms with Crippen LogP contribution in [0.4, 0.5) is 0 Å². The van der Waals surface area contributed by atoms with Crippen molar-refractivity contribution in [1.29, 1.82) is 0 Å². The molecule has 1 aromatic rings. The summed E-state index contributed by atoms with van der Waals surface area (Å²) in [6, 6.07) is 6.46. The number of ether oxygens (including phenoxy) is 12. The van der Waals surface area contributed by atoms with Gasteiger partial charge in [0.15, 0.2) is 0 Å². The highest BCUT2D eigenvalue weighted by molar-refractivity contribution is 7.86. The molecule has 298 valence electrons. The third-order valence-electron chi connectivity index (χ3n) is 6.09. The van der Waals surface area contributed by atoms with E-state index in [0.717, 1.165) is 5.56 Å². The largest absolute Gasteiger partial charge is 0.480 e. The van der Waals surface area contributed by atoms with Crippen LogP contribution in [0.2, 0.25) is 0 Å². The summed E-state index contributed by atoms with van der Waals surface area (Å²) >= 11 is 0. The van der Waals surface area contributed by atoms with Crippen LogP contribution in [0.3, 0.4) is 0 Å². The molecule has 0 fully saturated rings. The quantitative estimate of drug-likeness (QED) is 0.0735. The van der Waals surface area contributed by atoms with E-state index in [0.29, 0.717) is 139 Å². The zero-order chi connectivity index (χ0) is 36.9. The second kappa shape index (κ2) is 35.2. The molecule has 0 aromatic heterocycles. The fraction of sp³-hybridized carbons (Fsp3) is 0.788. The lowest BCUT2D eigenvalue weighted by molar-refractivity contribution is -0.142. The first-order valence-corrected chi connectivity index (χ1v) is 18.4. The third-order valence-corrected chi connectivity index (χ3v) is 7.42. The van der Waals surface area contributed by atoms with Gasteiger partial charge in [-0.1, -0.05) is 17.7 Å². The Labute approximate surface area is 302 Å². The highest BCUT2D eigenvalue weighted by Crippen LogP contribution is 2.12. The molecule has 17 nitrogen and oxygen atoms in total. The van der Waals surface area contributed by atoms with Crippen molar-refractivity contribution < 1.29 is 79.3 Å². The van der Waals surface area contributed by atoms with Crippen LogP contribution in [0.15, 0.2) is 29.2 Å². The zero-order valence-corrected chi connectivity index (χ0v) is 30.7. The van der Waals surface area contributed by atoms with Gasteiger partial charge in [-0.15, -0.1) is 0 Å². The first kappa shape index (κ1) is 47.1. The summed E-state index contributed by atoms with van der Waals surface area (Å²) in [7, 11) is -3.78. The van der Waals surface area contributed by atoms with Gasteiger partial charge < -0.3 is 61.9 Å². The predicted molar refractivity (Wildman–Crippen MR) is 182 cm³/mol. The van der Waals surface area contributed by atoms with Gasteiger partial charge in [0.2, 0.25) is 0 Å². The van der Waals surface area contributed by atoms with Gasteiger partial charge in [0.25, 0.3) is 10.1 Å². The van der Waals surface area contributed by atoms with E-state index in [-0.39, 0.29) is 31.3 Å². The lowest BCUT2D eigenvalue weighted by Gasteiger charge is -2.09. The first-order chi connectivity index (χ1) is 24.9. The molecule has 0 heterocycles. The number of aliphatic carboxylic acids is 1. The Balaban J connectivity index is 1.66. The summed E-state index contributed by atoms with van der Waals surface area (Å²) in [5.41, 5.74) is 0.970. The van der Waals surface area contributed by atoms with Gasteiger partial charge >= 0.3 is 5.97 Å². The minimum Gasteiger partial charge on any atom is -0.480 e. The summed E-state index contributed by atoms with van der Waals surface area (Å²) in [5.74, 6) is -1.00. The fourth-order valence-corrected chi connectivity index (χ4v) is 4.45. The lowest BCUT2D eigenvalue weighted by Crippen LogP contribution is -2.16. The van der Waals surface area contributed by atoms with Gasteiger partial charge in [-0.3, -0.25) is 4.18 Å². The van der Waals surface area contributed by atoms with Gasteiger partial charge in [0.1, 0.15) is 6.61 Å². The van der Waals surface area contributed by atoms with Crippen LogP contribution in [-0.2, 0) is 75.9 Å². The maximum Gasteiger partial charge on any atom is 0.329 e. The Hall–Kier alpha value is -1.88. The maximum absolute atomic E-state index is 12.1. The predicted octanol–water partition coefficient (Wildman–Crippen LogP) is 0.984. The molecule has 0 atom stereocenters. The summed E-state index contributed by atoms with van der Waals surface area (Å²) in [5, 5.41) is 8.43. The smallest absolute Gasteiger partial charge is 0.329 e. The van der Waals surface area contributed by atoms with E-state index < -0.39 is 16.1 Å². The van der Waals surface area contributed by atoms with Crippen molar-refractivity contribution in [2.75, 3.05) is 165 Å². The molecule has 0 spiro atoms. The number of hydrogen-bond acceptors (Lipinski definition) is 16. The van der Waals surface area contributed by atoms with Crippen molar-refractivity contribution in [2.24, 2.45) is 0 Å². The Kier molecular flexibility index (Phi) is 32.5. The Morgan fingerprint density at radius 3 is 0.922 bits per heavy atom. The van der Waals surface area contributed by atoms with Crippen molar-refractivity contribution in [3.05, 3.63) is 29.8 Å². The average Bonchev–Trinajstić information content (AvgIpc) is 3.11. The molecule has 0 unspecified atom stereocenters. The maximum atomic E-state index is 12.1. The van der Waals surface area contributed by atoms with E-state index in [1.165, 1.54) is 12.1 Å². The number of rotatable bonds is 40. The highest BCUT2D eigenvalue weighted by atomic mass is 32.2. The second-order valence-electron chi connectivity index (χ2n) is 10.3. The van der Waals surface area contributed by atoms with Crippen molar-refractivity contribution in [3.63, 3.8) is 0 Å². The van der Waals surface area contributed by atoms with E-state index in [4.69, 9.17) is 66.1 Å². The molecule has 0 bridgehead atoms. The van der Waals surface area contributed by atoms with Crippen molar-refractivity contribution >= 4 is 16.1 Å². The minimum atomic E-state index is -3.78. The molecule has 0 amide bonds. The molecule has 0 aliphatic rings. The van der Waals surface area contributed by atoms with Gasteiger partial charge in [-0.25, -0.2) is 4.79 Å². The molecule has 0 saturated carbocycles. The molecular weight excluding hydrogens is 700 g/mol. The molecule has 0 aliphatic carbocycles. The molecule has 1 N–H and O–H groups in total. The fourth-order valence-electron chi connectivity index (χ4n) is 3.55. The van der Waals surface area contributed by atoms with Gasteiger partial charge in [-0.05, 0) is 19.1 Å². The SMILES string of the molecule is Cc1ccc(S(=O)(=O)OCCOCCOCCOCCOCCOCCOCCOCCOCCOCCOCCOCCOCC(=O)O)cc1. The molecule has 51 heavy (non-hydrogen) atoms. The topological polar surface area (TPSA) is 191 Å². The number of carbonyl (C=O) groups is 1. The van der Waals surface area contributed by atoms with Crippen molar-refractivity contribution in [3.8, 4) is 0 Å². The van der Waals surface area contributed by atoms with E-state index in [9.17, 15) is 13.2 Å². The van der Waals surface area contributed by atoms with Crippen LogP contribution in [0, 0.1) is 6.92 Å². The van der Waals surface area contributed by atoms with Crippen LogP contribution in [-0.4, -0.2) is 185 Å². The monoisotopic (exact) mass is 758 g/mol. The summed E-state index contributed by atoms with van der Waals surface area (Å²) in [4.78, 5) is 10.4. The normalized spacial score (nSPS) is 11.8. The lowest BCUT2D eigenvalue weighted by atomic mass is 10.2. The van der Waals surface area contributed by atoms with Gasteiger partial charge in [0, 0.05) is 0 Å². The van der Waals surface area contributed by atoms with E-state index in [1.54, 1.807) is 12.1 Å². The summed E-state index contributed by atoms with van der Waals surface area (Å²) in [6.45, 7) is 11.0. The molecule has 0 aliphatic heterocycles. The van der Waals surface area contributed by atoms with E-state index in [1.807, 2.05) is 6.92 Å². The highest BCUT2D eigenvalue weighted by Gasteiger charge is 2.14. The Morgan fingerprint density at radius 2 is 0.667 bits per heavy atom. The van der Waals surface area contributed by atoms with Crippen LogP contribution >= 0.6 is 0 Å². The number of carboxylic acid groups (broad SMARTS) is 1. The van der Waals surface area contributed by atoms with Crippen molar-refractivity contribution in [2.45, 2.75) is 11.8 Å². The average molecular weight is 759 g/mol. The minimum absolute atomic E-state index is 0.0666. The van der Waals surface area contributed by atoms with Crippen LogP contribution in [0.5, 0.6) is 0 Å². The number of carboxylic acids is 1. The van der Waals surface area contributed by atoms with Crippen LogP contribution in [0.1, 0.15) is 5.56 Å². The summed E-state index contributed by atoms with van der Waals surface area (Å²) in [6.07, 6.45) is 0. The Morgan fingerprint density at radius 1 is 0.431 bits per heavy atom. The van der Waals surface area contributed by atoms with Gasteiger partial charge in [-0.2, -0.15) is 8.42 Å². The molecule has 1 rings (SSSR count). The Bertz CT molecular complexity index is 1010. The van der Waals surface area contributed by atoms with Crippen molar-refractivity contribution in [1.82, 2.24) is 0 Å². The molecule has 0 radical (unpaired) electrons. The number of benzene rings is 1. The van der Waals surface area contributed by atoms with E-state index >= 15 is 0 Å². The molecule has 0 saturated heterocycles. The second-order valence-corrected chi connectivity index (χ2v) is 11.9. The molecule has 1 aromatic carbocycles. The van der Waals surface area contributed by atoms with E-state index in [2.05, 4.69) is 0 Å². The van der Waals surface area contributed by atoms with Crippen LogP contribution < -0.4 is 0 Å². The van der Waals surface area contributed by atoms with Crippen LogP contribution in [0.25, 0.3) is 0 Å². The van der Waals surface area contributed by atoms with Gasteiger partial charge in [0.05, 0.1) is 163 Å². The zero-order valence-electron chi connectivity index (χ0n) is 29.9. The first-order valence-electron chi connectivity index (χ1n) is 17.0. The number of hydrogen-bond donors (Lipinski definition) is 1. The standard InChI is InChI=1S/C33H58O17S/c1-31-2-4-32(5-3-31)51(36,37)50-29-28-48-25-24-46-21-20-44-17-16-42-13-12-40-9-8-38-6-7-39-10-11-41-14-15-43-18-19-45-22-23-47-26-27-49-30-33(34)35/h2-5H,6-30H2,1H3,(H,34,35). The molecular formula is C33H58O17S. The summed E-state index contributed by atoms with van der Waals surface area (Å²) < 4.78 is 93.5. The number of aryl methyl sites for hydroxylation is 1. The molecule has 18 heteroatoms.